The van der Waals surface area contributed by atoms with E-state index in [-0.39, 0.29) is 11.5 Å². The molecule has 0 spiro atoms. The van der Waals surface area contributed by atoms with Crippen molar-refractivity contribution in [1.29, 1.82) is 0 Å². The fraction of sp³-hybridized carbons (Fsp3) is 0.200. The number of esters is 1. The number of aromatic nitrogens is 1. The number of nitro groups is 1. The number of hydrogen-bond acceptors (Lipinski definition) is 7. The van der Waals surface area contributed by atoms with Gasteiger partial charge >= 0.3 is 11.9 Å². The molecule has 8 nitrogen and oxygen atoms in total. The Morgan fingerprint density at radius 2 is 2.10 bits per heavy atom. The number of rotatable bonds is 8. The van der Waals surface area contributed by atoms with Gasteiger partial charge in [0.25, 0.3) is 0 Å². The number of thiophene rings is 1. The fourth-order valence-corrected chi connectivity index (χ4v) is 3.52. The number of carbonyl (C=O) groups excluding carboxylic acids is 2. The van der Waals surface area contributed by atoms with Crippen LogP contribution in [0.5, 0.6) is 0 Å². The first-order valence-corrected chi connectivity index (χ1v) is 9.54. The second kappa shape index (κ2) is 8.70. The van der Waals surface area contributed by atoms with E-state index in [0.29, 0.717) is 12.1 Å². The first kappa shape index (κ1) is 20.3. The maximum Gasteiger partial charge on any atom is 0.433 e. The van der Waals surface area contributed by atoms with E-state index in [1.54, 1.807) is 17.4 Å². The highest BCUT2D eigenvalue weighted by atomic mass is 32.1. The van der Waals surface area contributed by atoms with E-state index >= 15 is 0 Å². The molecule has 150 valence electrons. The molecule has 0 aliphatic carbocycles. The van der Waals surface area contributed by atoms with Gasteiger partial charge in [-0.15, -0.1) is 11.3 Å². The molecule has 0 fully saturated rings. The summed E-state index contributed by atoms with van der Waals surface area (Å²) in [4.78, 5) is 35.4. The van der Waals surface area contributed by atoms with Crippen molar-refractivity contribution >= 4 is 35.0 Å². The number of ether oxygens (including phenoxy) is 1. The Bertz CT molecular complexity index is 1070. The summed E-state index contributed by atoms with van der Waals surface area (Å²) < 4.78 is 11.9. The topological polar surface area (TPSA) is 105 Å². The molecular weight excluding hydrogens is 396 g/mol. The van der Waals surface area contributed by atoms with Crippen molar-refractivity contribution < 1.29 is 23.7 Å². The molecule has 9 heteroatoms. The molecule has 0 N–H and O–H groups in total. The number of aryl methyl sites for hydroxylation is 1. The molecule has 0 unspecified atom stereocenters. The predicted octanol–water partition coefficient (Wildman–Crippen LogP) is 4.16. The summed E-state index contributed by atoms with van der Waals surface area (Å²) in [6, 6.07) is 8.34. The van der Waals surface area contributed by atoms with Crippen LogP contribution in [0, 0.1) is 24.0 Å². The molecule has 0 aromatic carbocycles. The molecule has 0 saturated carbocycles. The van der Waals surface area contributed by atoms with Crippen LogP contribution in [0.15, 0.2) is 46.2 Å². The molecule has 0 aliphatic heterocycles. The summed E-state index contributed by atoms with van der Waals surface area (Å²) in [7, 11) is 0. The van der Waals surface area contributed by atoms with Crippen LogP contribution >= 0.6 is 11.3 Å². The first-order valence-electron chi connectivity index (χ1n) is 8.66. The van der Waals surface area contributed by atoms with Gasteiger partial charge in [-0.2, -0.15) is 0 Å². The van der Waals surface area contributed by atoms with Crippen molar-refractivity contribution in [3.05, 3.63) is 79.5 Å². The van der Waals surface area contributed by atoms with Crippen LogP contribution in [0.2, 0.25) is 0 Å². The van der Waals surface area contributed by atoms with E-state index in [1.165, 1.54) is 23.1 Å². The third kappa shape index (κ3) is 4.88. The minimum atomic E-state index is -0.746. The monoisotopic (exact) mass is 414 g/mol. The molecule has 3 aromatic heterocycles. The van der Waals surface area contributed by atoms with Gasteiger partial charge in [0.05, 0.1) is 12.6 Å². The van der Waals surface area contributed by atoms with Crippen LogP contribution in [0.4, 0.5) is 5.88 Å². The predicted molar refractivity (Wildman–Crippen MR) is 107 cm³/mol. The van der Waals surface area contributed by atoms with Gasteiger partial charge in [-0.05, 0) is 43.5 Å². The zero-order valence-electron chi connectivity index (χ0n) is 15.8. The Kier molecular flexibility index (Phi) is 6.08. The average Bonchev–Trinajstić information content (AvgIpc) is 3.42. The van der Waals surface area contributed by atoms with E-state index in [1.807, 2.05) is 35.9 Å². The fourth-order valence-electron chi connectivity index (χ4n) is 2.83. The summed E-state index contributed by atoms with van der Waals surface area (Å²) in [6.07, 6.45) is 2.29. The van der Waals surface area contributed by atoms with Crippen molar-refractivity contribution in [3.8, 4) is 0 Å². The van der Waals surface area contributed by atoms with Crippen LogP contribution in [-0.2, 0) is 16.1 Å². The number of carbonyl (C=O) groups is 2. The summed E-state index contributed by atoms with van der Waals surface area (Å²) in [5.41, 5.74) is 2.28. The summed E-state index contributed by atoms with van der Waals surface area (Å²) in [6.45, 7) is 4.07. The summed E-state index contributed by atoms with van der Waals surface area (Å²) in [5.74, 6) is -1.33. The summed E-state index contributed by atoms with van der Waals surface area (Å²) >= 11 is 1.65. The highest BCUT2D eigenvalue weighted by Gasteiger charge is 2.17. The Balaban J connectivity index is 1.59. The van der Waals surface area contributed by atoms with Gasteiger partial charge in [-0.3, -0.25) is 14.9 Å². The van der Waals surface area contributed by atoms with E-state index in [2.05, 4.69) is 0 Å². The van der Waals surface area contributed by atoms with Gasteiger partial charge in [0.1, 0.15) is 10.7 Å². The van der Waals surface area contributed by atoms with Crippen LogP contribution in [0.3, 0.4) is 0 Å². The average molecular weight is 414 g/mol. The molecule has 3 rings (SSSR count). The standard InChI is InChI=1S/C20H18N2O6S/c1-13-10-17(14(2)21(13)11-16-4-3-9-29-16)18(23)12-27-20(24)8-6-15-5-7-19(28-15)22(25)26/h3-10H,11-12H2,1-2H3/b8-6+. The molecule has 29 heavy (non-hydrogen) atoms. The van der Waals surface area contributed by atoms with Gasteiger partial charge in [0.2, 0.25) is 5.78 Å². The Hall–Kier alpha value is -3.46. The number of hydrogen-bond donors (Lipinski definition) is 0. The second-order valence-electron chi connectivity index (χ2n) is 6.25. The molecule has 0 aliphatic rings. The number of Topliss-reactive ketones (excluding diaryl/α,β-unsaturated/α-hetero) is 1. The lowest BCUT2D eigenvalue weighted by Crippen LogP contribution is -2.13. The van der Waals surface area contributed by atoms with E-state index in [4.69, 9.17) is 9.15 Å². The van der Waals surface area contributed by atoms with Crippen molar-refractivity contribution in [2.45, 2.75) is 20.4 Å². The summed E-state index contributed by atoms with van der Waals surface area (Å²) in [5, 5.41) is 12.6. The Morgan fingerprint density at radius 1 is 1.31 bits per heavy atom. The third-order valence-electron chi connectivity index (χ3n) is 4.29. The smallest absolute Gasteiger partial charge is 0.433 e. The van der Waals surface area contributed by atoms with Gasteiger partial charge in [0.15, 0.2) is 6.61 Å². The van der Waals surface area contributed by atoms with Gasteiger partial charge in [0, 0.05) is 27.9 Å². The number of nitrogens with zero attached hydrogens (tertiary/aromatic N) is 2. The molecular formula is C20H18N2O6S. The largest absolute Gasteiger partial charge is 0.454 e. The van der Waals surface area contributed by atoms with Crippen molar-refractivity contribution in [2.24, 2.45) is 0 Å². The van der Waals surface area contributed by atoms with Crippen LogP contribution in [0.1, 0.15) is 32.4 Å². The third-order valence-corrected chi connectivity index (χ3v) is 5.15. The van der Waals surface area contributed by atoms with Crippen molar-refractivity contribution in [1.82, 2.24) is 4.57 Å². The number of ketones is 1. The Labute approximate surface area is 170 Å². The van der Waals surface area contributed by atoms with Gasteiger partial charge < -0.3 is 13.7 Å². The SMILES string of the molecule is Cc1cc(C(=O)COC(=O)/C=C/c2ccc([N+](=O)[O-])o2)c(C)n1Cc1cccs1. The minimum absolute atomic E-state index is 0.136. The highest BCUT2D eigenvalue weighted by Crippen LogP contribution is 2.20. The van der Waals surface area contributed by atoms with Crippen LogP contribution < -0.4 is 0 Å². The van der Waals surface area contributed by atoms with Crippen LogP contribution in [-0.4, -0.2) is 27.8 Å². The molecule has 0 amide bonds. The zero-order valence-corrected chi connectivity index (χ0v) is 16.6. The normalized spacial score (nSPS) is 11.1. The van der Waals surface area contributed by atoms with Crippen LogP contribution in [0.25, 0.3) is 6.08 Å². The number of furan rings is 1. The molecule has 0 bridgehead atoms. The van der Waals surface area contributed by atoms with E-state index in [9.17, 15) is 19.7 Å². The molecule has 3 aromatic rings. The maximum absolute atomic E-state index is 12.5. The lowest BCUT2D eigenvalue weighted by Gasteiger charge is -2.08. The highest BCUT2D eigenvalue weighted by molar-refractivity contribution is 7.09. The molecule has 0 atom stereocenters. The molecule has 0 saturated heterocycles. The Morgan fingerprint density at radius 3 is 2.76 bits per heavy atom. The molecule has 0 radical (unpaired) electrons. The van der Waals surface area contributed by atoms with Crippen molar-refractivity contribution in [3.63, 3.8) is 0 Å². The van der Waals surface area contributed by atoms with Gasteiger partial charge in [-0.1, -0.05) is 6.07 Å². The minimum Gasteiger partial charge on any atom is -0.454 e. The van der Waals surface area contributed by atoms with E-state index < -0.39 is 23.4 Å². The maximum atomic E-state index is 12.5. The van der Waals surface area contributed by atoms with E-state index in [0.717, 1.165) is 17.5 Å². The lowest BCUT2D eigenvalue weighted by atomic mass is 10.1. The lowest BCUT2D eigenvalue weighted by molar-refractivity contribution is -0.402. The first-order chi connectivity index (χ1) is 13.8. The van der Waals surface area contributed by atoms with Crippen molar-refractivity contribution in [2.75, 3.05) is 6.61 Å². The molecule has 3 heterocycles. The second-order valence-corrected chi connectivity index (χ2v) is 7.28. The zero-order chi connectivity index (χ0) is 21.0. The quantitative estimate of drug-likeness (QED) is 0.180. The van der Waals surface area contributed by atoms with Gasteiger partial charge in [-0.25, -0.2) is 4.79 Å².